The van der Waals surface area contributed by atoms with Crippen LogP contribution in [0.3, 0.4) is 0 Å². The van der Waals surface area contributed by atoms with Crippen molar-refractivity contribution in [1.29, 1.82) is 0 Å². The van der Waals surface area contributed by atoms with Crippen LogP contribution in [0, 0.1) is 6.92 Å². The van der Waals surface area contributed by atoms with Gasteiger partial charge >= 0.3 is 0 Å². The van der Waals surface area contributed by atoms with Crippen molar-refractivity contribution in [1.82, 2.24) is 0 Å². The predicted octanol–water partition coefficient (Wildman–Crippen LogP) is 4.14. The maximum atomic E-state index is 4.62. The van der Waals surface area contributed by atoms with E-state index in [0.717, 1.165) is 0 Å². The number of aliphatic imine (C=N–C) groups is 1. The summed E-state index contributed by atoms with van der Waals surface area (Å²) < 4.78 is 0. The SMILES string of the molecule is Cc1cccc2ccc3c(c12)N=CC3(C)C. The summed E-state index contributed by atoms with van der Waals surface area (Å²) in [5.74, 6) is 0. The van der Waals surface area contributed by atoms with Gasteiger partial charge in [-0.25, -0.2) is 0 Å². The number of nitrogens with zero attached hydrogens (tertiary/aromatic N) is 1. The first-order valence-electron chi connectivity index (χ1n) is 5.68. The molecule has 0 spiro atoms. The lowest BCUT2D eigenvalue weighted by Crippen LogP contribution is -2.14. The Hall–Kier alpha value is -1.63. The van der Waals surface area contributed by atoms with E-state index in [4.69, 9.17) is 0 Å². The summed E-state index contributed by atoms with van der Waals surface area (Å²) in [5, 5.41) is 2.59. The van der Waals surface area contributed by atoms with Crippen LogP contribution in [0.2, 0.25) is 0 Å². The topological polar surface area (TPSA) is 12.4 Å². The van der Waals surface area contributed by atoms with E-state index in [9.17, 15) is 0 Å². The molecule has 2 aromatic carbocycles. The van der Waals surface area contributed by atoms with Crippen molar-refractivity contribution in [3.05, 3.63) is 41.5 Å². The highest BCUT2D eigenvalue weighted by Gasteiger charge is 2.27. The van der Waals surface area contributed by atoms with E-state index < -0.39 is 0 Å². The Morgan fingerprint density at radius 3 is 2.69 bits per heavy atom. The Kier molecular flexibility index (Phi) is 1.76. The number of benzene rings is 2. The number of fused-ring (bicyclic) bond motifs is 3. The fourth-order valence-electron chi connectivity index (χ4n) is 2.49. The first-order valence-corrected chi connectivity index (χ1v) is 5.68. The molecule has 1 aliphatic rings. The van der Waals surface area contributed by atoms with Crippen LogP contribution in [-0.2, 0) is 5.41 Å². The van der Waals surface area contributed by atoms with Gasteiger partial charge < -0.3 is 0 Å². The van der Waals surface area contributed by atoms with E-state index in [-0.39, 0.29) is 5.41 Å². The fourth-order valence-corrected chi connectivity index (χ4v) is 2.49. The number of hydrogen-bond acceptors (Lipinski definition) is 1. The second-order valence-electron chi connectivity index (χ2n) is 5.11. The Morgan fingerprint density at radius 2 is 1.88 bits per heavy atom. The third-order valence-electron chi connectivity index (χ3n) is 3.44. The van der Waals surface area contributed by atoms with Gasteiger partial charge in [0.25, 0.3) is 0 Å². The molecule has 0 aliphatic carbocycles. The van der Waals surface area contributed by atoms with E-state index in [1.165, 1.54) is 27.6 Å². The molecular weight excluding hydrogens is 194 g/mol. The molecular formula is C15H15N. The van der Waals surface area contributed by atoms with Crippen LogP contribution in [0.4, 0.5) is 5.69 Å². The van der Waals surface area contributed by atoms with E-state index in [1.54, 1.807) is 0 Å². The van der Waals surface area contributed by atoms with Gasteiger partial charge in [-0.2, -0.15) is 0 Å². The fraction of sp³-hybridized carbons (Fsp3) is 0.267. The monoisotopic (exact) mass is 209 g/mol. The Balaban J connectivity index is 2.47. The molecule has 0 saturated heterocycles. The molecule has 0 saturated carbocycles. The van der Waals surface area contributed by atoms with Gasteiger partial charge in [-0.1, -0.05) is 44.2 Å². The van der Waals surface area contributed by atoms with Crippen molar-refractivity contribution in [3.8, 4) is 0 Å². The molecule has 16 heavy (non-hydrogen) atoms. The van der Waals surface area contributed by atoms with Gasteiger partial charge in [0.2, 0.25) is 0 Å². The zero-order valence-corrected chi connectivity index (χ0v) is 9.91. The van der Waals surface area contributed by atoms with Gasteiger partial charge in [-0.3, -0.25) is 4.99 Å². The smallest absolute Gasteiger partial charge is 0.0748 e. The molecule has 0 fully saturated rings. The minimum Gasteiger partial charge on any atom is -0.259 e. The predicted molar refractivity (Wildman–Crippen MR) is 69.9 cm³/mol. The Bertz CT molecular complexity index is 606. The molecule has 0 aromatic heterocycles. The lowest BCUT2D eigenvalue weighted by atomic mass is 9.85. The highest BCUT2D eigenvalue weighted by Crippen LogP contribution is 2.42. The van der Waals surface area contributed by atoms with Crippen LogP contribution in [0.15, 0.2) is 35.3 Å². The molecule has 1 heteroatoms. The lowest BCUT2D eigenvalue weighted by Gasteiger charge is -2.16. The number of hydrogen-bond donors (Lipinski definition) is 0. The standard InChI is InChI=1S/C15H15N/c1-10-5-4-6-11-7-8-12-14(13(10)11)16-9-15(12,2)3/h4-9H,1-3H3. The minimum absolute atomic E-state index is 0.0752. The molecule has 0 atom stereocenters. The van der Waals surface area contributed by atoms with Crippen LogP contribution in [-0.4, -0.2) is 6.21 Å². The summed E-state index contributed by atoms with van der Waals surface area (Å²) in [6, 6.07) is 10.8. The van der Waals surface area contributed by atoms with Crippen LogP contribution in [0.25, 0.3) is 10.8 Å². The quantitative estimate of drug-likeness (QED) is 0.618. The second-order valence-corrected chi connectivity index (χ2v) is 5.11. The second kappa shape index (κ2) is 2.94. The van der Waals surface area contributed by atoms with Crippen molar-refractivity contribution in [2.24, 2.45) is 4.99 Å². The summed E-state index contributed by atoms with van der Waals surface area (Å²) >= 11 is 0. The molecule has 3 rings (SSSR count). The van der Waals surface area contributed by atoms with Crippen molar-refractivity contribution >= 4 is 22.7 Å². The van der Waals surface area contributed by atoms with Crippen LogP contribution < -0.4 is 0 Å². The van der Waals surface area contributed by atoms with Gasteiger partial charge in [0, 0.05) is 17.0 Å². The number of rotatable bonds is 0. The largest absolute Gasteiger partial charge is 0.259 e. The molecule has 1 aliphatic heterocycles. The van der Waals surface area contributed by atoms with Gasteiger partial charge in [-0.15, -0.1) is 0 Å². The molecule has 0 unspecified atom stereocenters. The first kappa shape index (κ1) is 9.59. The molecule has 0 amide bonds. The zero-order chi connectivity index (χ0) is 11.3. The molecule has 2 aromatic rings. The van der Waals surface area contributed by atoms with Crippen molar-refractivity contribution in [2.75, 3.05) is 0 Å². The first-order chi connectivity index (χ1) is 7.59. The van der Waals surface area contributed by atoms with Gasteiger partial charge in [0.1, 0.15) is 0 Å². The van der Waals surface area contributed by atoms with Crippen LogP contribution >= 0.6 is 0 Å². The normalized spacial score (nSPS) is 16.7. The molecule has 1 nitrogen and oxygen atoms in total. The summed E-state index contributed by atoms with van der Waals surface area (Å²) in [6.45, 7) is 6.59. The minimum atomic E-state index is 0.0752. The van der Waals surface area contributed by atoms with Gasteiger partial charge in [-0.05, 0) is 23.4 Å². The third-order valence-corrected chi connectivity index (χ3v) is 3.44. The summed E-state index contributed by atoms with van der Waals surface area (Å²) in [4.78, 5) is 4.62. The Morgan fingerprint density at radius 1 is 1.06 bits per heavy atom. The lowest BCUT2D eigenvalue weighted by molar-refractivity contribution is 0.753. The molecule has 0 N–H and O–H groups in total. The highest BCUT2D eigenvalue weighted by atomic mass is 14.8. The van der Waals surface area contributed by atoms with Gasteiger partial charge in [0.15, 0.2) is 0 Å². The average Bonchev–Trinajstić information content (AvgIpc) is 2.55. The summed E-state index contributed by atoms with van der Waals surface area (Å²) in [6.07, 6.45) is 2.06. The van der Waals surface area contributed by atoms with E-state index in [0.29, 0.717) is 0 Å². The van der Waals surface area contributed by atoms with Crippen molar-refractivity contribution in [3.63, 3.8) is 0 Å². The molecule has 80 valence electrons. The van der Waals surface area contributed by atoms with E-state index in [2.05, 4.69) is 62.3 Å². The summed E-state index contributed by atoms with van der Waals surface area (Å²) in [7, 11) is 0. The average molecular weight is 209 g/mol. The molecule has 0 radical (unpaired) electrons. The van der Waals surface area contributed by atoms with Crippen LogP contribution in [0.5, 0.6) is 0 Å². The maximum Gasteiger partial charge on any atom is 0.0748 e. The summed E-state index contributed by atoms with van der Waals surface area (Å²) in [5.41, 5.74) is 3.89. The van der Waals surface area contributed by atoms with Gasteiger partial charge in [0.05, 0.1) is 5.69 Å². The molecule has 0 bridgehead atoms. The van der Waals surface area contributed by atoms with Crippen molar-refractivity contribution < 1.29 is 0 Å². The zero-order valence-electron chi connectivity index (χ0n) is 9.91. The number of aryl methyl sites for hydroxylation is 1. The van der Waals surface area contributed by atoms with E-state index in [1.807, 2.05) is 0 Å². The highest BCUT2D eigenvalue weighted by molar-refractivity contribution is 6.02. The van der Waals surface area contributed by atoms with Crippen molar-refractivity contribution in [2.45, 2.75) is 26.2 Å². The van der Waals surface area contributed by atoms with E-state index >= 15 is 0 Å². The molecule has 1 heterocycles. The third kappa shape index (κ3) is 1.15. The Labute approximate surface area is 95.8 Å². The van der Waals surface area contributed by atoms with Crippen LogP contribution in [0.1, 0.15) is 25.0 Å². The maximum absolute atomic E-state index is 4.62.